The van der Waals surface area contributed by atoms with Gasteiger partial charge in [0.1, 0.15) is 11.9 Å². The number of fused-ring (bicyclic) bond motifs is 1. The molecule has 1 aromatic rings. The second-order valence-electron chi connectivity index (χ2n) is 8.93. The number of nitrogens with one attached hydrogen (secondary N) is 1. The molecule has 0 aliphatic carbocycles. The molecule has 0 radical (unpaired) electrons. The third kappa shape index (κ3) is 5.07. The average molecular weight is 477 g/mol. The van der Waals surface area contributed by atoms with Gasteiger partial charge in [0.25, 0.3) is 5.91 Å². The molecule has 34 heavy (non-hydrogen) atoms. The van der Waals surface area contributed by atoms with Crippen molar-refractivity contribution in [3.63, 3.8) is 0 Å². The Balaban J connectivity index is 1.42. The van der Waals surface area contributed by atoms with Crippen LogP contribution in [0, 0.1) is 11.7 Å². The molecule has 3 amide bonds. The number of esters is 1. The van der Waals surface area contributed by atoms with Gasteiger partial charge >= 0.3 is 12.1 Å². The second kappa shape index (κ2) is 9.86. The Morgan fingerprint density at radius 2 is 2.00 bits per heavy atom. The highest BCUT2D eigenvalue weighted by Crippen LogP contribution is 2.36. The van der Waals surface area contributed by atoms with Crippen molar-refractivity contribution in [2.45, 2.75) is 38.8 Å². The number of piperidine rings is 1. The highest BCUT2D eigenvalue weighted by atomic mass is 19.1. The van der Waals surface area contributed by atoms with Gasteiger partial charge in [-0.05, 0) is 37.0 Å². The molecule has 0 unspecified atom stereocenters. The fourth-order valence-corrected chi connectivity index (χ4v) is 4.95. The van der Waals surface area contributed by atoms with Gasteiger partial charge in [-0.25, -0.2) is 9.18 Å². The number of hydrogen-bond acceptors (Lipinski definition) is 7. The third-order valence-corrected chi connectivity index (χ3v) is 6.54. The number of rotatable bonds is 6. The lowest BCUT2D eigenvalue weighted by Crippen LogP contribution is -2.49. The summed E-state index contributed by atoms with van der Waals surface area (Å²) in [6, 6.07) is 4.55. The van der Waals surface area contributed by atoms with Gasteiger partial charge in [0.2, 0.25) is 5.91 Å². The second-order valence-corrected chi connectivity index (χ2v) is 8.93. The van der Waals surface area contributed by atoms with Crippen LogP contribution in [0.5, 0.6) is 0 Å². The van der Waals surface area contributed by atoms with Crippen LogP contribution in [0.15, 0.2) is 18.2 Å². The summed E-state index contributed by atoms with van der Waals surface area (Å²) < 4.78 is 25.3. The van der Waals surface area contributed by atoms with Crippen molar-refractivity contribution < 1.29 is 33.0 Å². The SMILES string of the molecule is CC(=O)NC[C@H]1CN(c2ccc(N3C[C@H]4CCCN(C(=O)COC(C)=O)[C@H]4C3)c(F)c2)C(=O)O1. The zero-order valence-electron chi connectivity index (χ0n) is 19.3. The molecule has 1 aromatic carbocycles. The van der Waals surface area contributed by atoms with E-state index in [4.69, 9.17) is 9.47 Å². The lowest BCUT2D eigenvalue weighted by molar-refractivity contribution is -0.152. The predicted molar refractivity (Wildman–Crippen MR) is 120 cm³/mol. The molecule has 3 aliphatic heterocycles. The number of carbonyl (C=O) groups excluding carboxylic acids is 4. The van der Waals surface area contributed by atoms with Crippen LogP contribution >= 0.6 is 0 Å². The molecule has 0 saturated carbocycles. The van der Waals surface area contributed by atoms with Crippen molar-refractivity contribution in [2.24, 2.45) is 5.92 Å². The predicted octanol–water partition coefficient (Wildman–Crippen LogP) is 1.28. The van der Waals surface area contributed by atoms with Gasteiger partial charge in [0.15, 0.2) is 6.61 Å². The summed E-state index contributed by atoms with van der Waals surface area (Å²) >= 11 is 0. The van der Waals surface area contributed by atoms with Crippen LogP contribution in [0.2, 0.25) is 0 Å². The Labute approximate surface area is 196 Å². The highest BCUT2D eigenvalue weighted by Gasteiger charge is 2.42. The summed E-state index contributed by atoms with van der Waals surface area (Å²) in [7, 11) is 0. The zero-order valence-corrected chi connectivity index (χ0v) is 19.3. The van der Waals surface area contributed by atoms with Gasteiger partial charge in [-0.3, -0.25) is 19.3 Å². The van der Waals surface area contributed by atoms with Crippen molar-refractivity contribution in [1.29, 1.82) is 0 Å². The molecule has 3 atom stereocenters. The molecule has 4 rings (SSSR count). The fourth-order valence-electron chi connectivity index (χ4n) is 4.95. The molecular formula is C23H29FN4O6. The summed E-state index contributed by atoms with van der Waals surface area (Å²) in [6.07, 6.45) is 0.694. The Kier molecular flexibility index (Phi) is 6.90. The Morgan fingerprint density at radius 1 is 1.21 bits per heavy atom. The van der Waals surface area contributed by atoms with E-state index in [1.807, 2.05) is 4.90 Å². The summed E-state index contributed by atoms with van der Waals surface area (Å²) in [5, 5.41) is 2.61. The van der Waals surface area contributed by atoms with Crippen LogP contribution in [0.4, 0.5) is 20.6 Å². The Bertz CT molecular complexity index is 988. The summed E-state index contributed by atoms with van der Waals surface area (Å²) in [5.74, 6) is -1.21. The van der Waals surface area contributed by atoms with Crippen molar-refractivity contribution in [1.82, 2.24) is 10.2 Å². The number of cyclic esters (lactones) is 1. The van der Waals surface area contributed by atoms with E-state index < -0.39 is 24.0 Å². The number of carbonyl (C=O) groups is 4. The maximum absolute atomic E-state index is 15.2. The molecule has 0 bridgehead atoms. The zero-order chi connectivity index (χ0) is 24.4. The minimum Gasteiger partial charge on any atom is -0.456 e. The fraction of sp³-hybridized carbons (Fsp3) is 0.565. The van der Waals surface area contributed by atoms with Gasteiger partial charge in [0, 0.05) is 33.5 Å². The molecule has 3 saturated heterocycles. The Hall–Kier alpha value is -3.37. The number of nitrogens with zero attached hydrogens (tertiary/aromatic N) is 3. The van der Waals surface area contributed by atoms with Gasteiger partial charge in [-0.1, -0.05) is 0 Å². The van der Waals surface area contributed by atoms with Crippen molar-refractivity contribution in [3.05, 3.63) is 24.0 Å². The van der Waals surface area contributed by atoms with Gasteiger partial charge in [-0.15, -0.1) is 0 Å². The normalized spacial score (nSPS) is 24.0. The standard InChI is InChI=1S/C23H29FN4O6/c1-14(29)25-9-18-11-28(23(32)34-18)17-5-6-20(19(24)8-17)26-10-16-4-3-7-27(21(16)12-26)22(31)13-33-15(2)30/h5-6,8,16,18,21H,3-4,7,9-13H2,1-2H3,(H,25,29)/t16-,18+,21+/m1/s1. The lowest BCUT2D eigenvalue weighted by atomic mass is 9.92. The van der Waals surface area contributed by atoms with E-state index in [9.17, 15) is 19.2 Å². The van der Waals surface area contributed by atoms with Gasteiger partial charge < -0.3 is 24.6 Å². The molecule has 10 nitrogen and oxygen atoms in total. The molecule has 1 N–H and O–H groups in total. The van der Waals surface area contributed by atoms with Crippen molar-refractivity contribution in [2.75, 3.05) is 49.1 Å². The number of anilines is 2. The number of hydrogen-bond donors (Lipinski definition) is 1. The summed E-state index contributed by atoms with van der Waals surface area (Å²) in [6.45, 7) is 4.46. The smallest absolute Gasteiger partial charge is 0.414 e. The number of ether oxygens (including phenoxy) is 2. The monoisotopic (exact) mass is 476 g/mol. The Morgan fingerprint density at radius 3 is 2.71 bits per heavy atom. The maximum Gasteiger partial charge on any atom is 0.414 e. The van der Waals surface area contributed by atoms with Crippen LogP contribution < -0.4 is 15.1 Å². The number of amides is 3. The average Bonchev–Trinajstić information content (AvgIpc) is 3.39. The van der Waals surface area contributed by atoms with Crippen molar-refractivity contribution >= 4 is 35.3 Å². The van der Waals surface area contributed by atoms with Crippen LogP contribution in [-0.4, -0.2) is 80.3 Å². The summed E-state index contributed by atoms with van der Waals surface area (Å²) in [5.41, 5.74) is 0.791. The molecular weight excluding hydrogens is 447 g/mol. The van der Waals surface area contributed by atoms with E-state index in [0.29, 0.717) is 31.0 Å². The molecule has 11 heteroatoms. The maximum atomic E-state index is 15.2. The first-order chi connectivity index (χ1) is 16.2. The molecule has 184 valence electrons. The minimum atomic E-state index is -0.586. The van der Waals surface area contributed by atoms with Crippen LogP contribution in [-0.2, 0) is 23.9 Å². The minimum absolute atomic E-state index is 0.0704. The van der Waals surface area contributed by atoms with Crippen LogP contribution in [0.1, 0.15) is 26.7 Å². The molecule has 3 heterocycles. The van der Waals surface area contributed by atoms with E-state index in [1.165, 1.54) is 24.8 Å². The van der Waals surface area contributed by atoms with Gasteiger partial charge in [-0.2, -0.15) is 0 Å². The number of benzene rings is 1. The van der Waals surface area contributed by atoms with E-state index in [-0.39, 0.29) is 43.5 Å². The first-order valence-corrected chi connectivity index (χ1v) is 11.4. The largest absolute Gasteiger partial charge is 0.456 e. The van der Waals surface area contributed by atoms with Crippen molar-refractivity contribution in [3.8, 4) is 0 Å². The first kappa shape index (κ1) is 23.8. The van der Waals surface area contributed by atoms with E-state index in [2.05, 4.69) is 5.32 Å². The number of likely N-dealkylation sites (tertiary alicyclic amines) is 1. The molecule has 0 spiro atoms. The quantitative estimate of drug-likeness (QED) is 0.616. The van der Waals surface area contributed by atoms with Crippen LogP contribution in [0.3, 0.4) is 0 Å². The molecule has 0 aromatic heterocycles. The number of halogens is 1. The lowest BCUT2D eigenvalue weighted by Gasteiger charge is -2.36. The topological polar surface area (TPSA) is 108 Å². The van der Waals surface area contributed by atoms with E-state index in [0.717, 1.165) is 12.8 Å². The molecule has 3 fully saturated rings. The van der Waals surface area contributed by atoms with Crippen LogP contribution in [0.25, 0.3) is 0 Å². The van der Waals surface area contributed by atoms with E-state index in [1.54, 1.807) is 17.0 Å². The third-order valence-electron chi connectivity index (χ3n) is 6.54. The van der Waals surface area contributed by atoms with E-state index >= 15 is 4.39 Å². The summed E-state index contributed by atoms with van der Waals surface area (Å²) in [4.78, 5) is 52.0. The first-order valence-electron chi connectivity index (χ1n) is 11.4. The molecule has 3 aliphatic rings. The highest BCUT2D eigenvalue weighted by molar-refractivity contribution is 5.90. The van der Waals surface area contributed by atoms with Gasteiger partial charge in [0.05, 0.1) is 30.5 Å².